The molecule has 1 N–H and O–H groups in total. The Kier molecular flexibility index (Phi) is 3.87. The Balaban J connectivity index is 1.27. The molecule has 2 fully saturated rings. The molecule has 6 rings (SSSR count). The second-order valence-corrected chi connectivity index (χ2v) is 8.09. The lowest BCUT2D eigenvalue weighted by Crippen LogP contribution is -2.29. The van der Waals surface area contributed by atoms with Crippen molar-refractivity contribution in [2.75, 3.05) is 13.1 Å². The fraction of sp³-hybridized carbons (Fsp3) is 0.333. The predicted octanol–water partition coefficient (Wildman–Crippen LogP) is 2.47. The Hall–Kier alpha value is -3.62. The highest BCUT2D eigenvalue weighted by atomic mass is 16.2. The van der Waals surface area contributed by atoms with Crippen LogP contribution in [0.3, 0.4) is 0 Å². The van der Waals surface area contributed by atoms with Crippen LogP contribution in [0, 0.1) is 11.8 Å². The largest absolute Gasteiger partial charge is 0.338 e. The number of pyridine rings is 2. The quantitative estimate of drug-likeness (QED) is 0.566. The van der Waals surface area contributed by atoms with Gasteiger partial charge in [0.25, 0.3) is 5.91 Å². The van der Waals surface area contributed by atoms with Gasteiger partial charge in [0.05, 0.1) is 23.6 Å². The molecule has 9 heteroatoms. The van der Waals surface area contributed by atoms with Gasteiger partial charge in [0.2, 0.25) is 0 Å². The van der Waals surface area contributed by atoms with Gasteiger partial charge in [-0.1, -0.05) is 6.42 Å². The summed E-state index contributed by atoms with van der Waals surface area (Å²) in [5.41, 5.74) is 2.80. The number of rotatable bonds is 3. The monoisotopic (exact) mass is 400 g/mol. The third-order valence-corrected chi connectivity index (χ3v) is 6.32. The summed E-state index contributed by atoms with van der Waals surface area (Å²) >= 11 is 0. The molecule has 4 aromatic heterocycles. The van der Waals surface area contributed by atoms with Crippen molar-refractivity contribution in [1.29, 1.82) is 0 Å². The highest BCUT2D eigenvalue weighted by Crippen LogP contribution is 2.38. The number of nitrogens with one attached hydrogen (secondary N) is 1. The van der Waals surface area contributed by atoms with Crippen LogP contribution in [0.4, 0.5) is 0 Å². The zero-order valence-electron chi connectivity index (χ0n) is 16.3. The maximum absolute atomic E-state index is 13.0. The maximum Gasteiger partial charge on any atom is 0.255 e. The van der Waals surface area contributed by atoms with Gasteiger partial charge in [0.1, 0.15) is 12.0 Å². The number of likely N-dealkylation sites (tertiary alicyclic amines) is 1. The first-order valence-electron chi connectivity index (χ1n) is 10.2. The highest BCUT2D eigenvalue weighted by Gasteiger charge is 2.38. The number of amides is 1. The molecule has 2 atom stereocenters. The van der Waals surface area contributed by atoms with Gasteiger partial charge >= 0.3 is 0 Å². The van der Waals surface area contributed by atoms with Crippen LogP contribution in [-0.2, 0) is 0 Å². The smallest absolute Gasteiger partial charge is 0.255 e. The van der Waals surface area contributed by atoms with Gasteiger partial charge in [-0.3, -0.25) is 14.9 Å². The highest BCUT2D eigenvalue weighted by molar-refractivity contribution is 5.97. The van der Waals surface area contributed by atoms with E-state index in [2.05, 4.69) is 30.2 Å². The van der Waals surface area contributed by atoms with Crippen molar-refractivity contribution < 1.29 is 4.79 Å². The van der Waals surface area contributed by atoms with E-state index < -0.39 is 0 Å². The molecule has 0 spiro atoms. The number of aromatic amines is 1. The molecular weight excluding hydrogens is 380 g/mol. The Bertz CT molecular complexity index is 1200. The Labute approximate surface area is 172 Å². The molecule has 1 aliphatic heterocycles. The first kappa shape index (κ1) is 17.3. The maximum atomic E-state index is 13.0. The normalized spacial score (nSPS) is 20.7. The van der Waals surface area contributed by atoms with Crippen molar-refractivity contribution in [2.24, 2.45) is 11.8 Å². The molecule has 1 saturated heterocycles. The predicted molar refractivity (Wildman–Crippen MR) is 109 cm³/mol. The molecule has 0 bridgehead atoms. The van der Waals surface area contributed by atoms with Gasteiger partial charge in [-0.2, -0.15) is 10.2 Å². The summed E-state index contributed by atoms with van der Waals surface area (Å²) in [6.07, 6.45) is 10.4. The summed E-state index contributed by atoms with van der Waals surface area (Å²) in [4.78, 5) is 28.1. The number of aromatic nitrogens is 7. The molecule has 1 aliphatic carbocycles. The van der Waals surface area contributed by atoms with Gasteiger partial charge in [-0.05, 0) is 42.9 Å². The lowest BCUT2D eigenvalue weighted by Gasteiger charge is -2.17. The Morgan fingerprint density at radius 3 is 2.63 bits per heavy atom. The average molecular weight is 400 g/mol. The van der Waals surface area contributed by atoms with Crippen molar-refractivity contribution in [3.05, 3.63) is 48.7 Å². The van der Waals surface area contributed by atoms with Crippen molar-refractivity contribution in [3.63, 3.8) is 0 Å². The van der Waals surface area contributed by atoms with E-state index in [1.807, 2.05) is 23.1 Å². The van der Waals surface area contributed by atoms with Gasteiger partial charge in [0.15, 0.2) is 11.5 Å². The van der Waals surface area contributed by atoms with Crippen LogP contribution >= 0.6 is 0 Å². The average Bonchev–Trinajstić information content (AvgIpc) is 3.56. The van der Waals surface area contributed by atoms with E-state index >= 15 is 0 Å². The number of H-pyrrole nitrogens is 1. The standard InChI is InChI=1S/C21H20N8O/c30-21(28-10-13-2-1-3-14(13)11-28)16-6-15-8-26-29(20(15)23-7-16)17-4-5-18(22-9-17)19-24-12-25-27-19/h4-9,12-14H,1-3,10-11H2,(H,24,25,27). The van der Waals surface area contributed by atoms with Crippen LogP contribution in [0.5, 0.6) is 0 Å². The summed E-state index contributed by atoms with van der Waals surface area (Å²) in [5, 5.41) is 11.9. The van der Waals surface area contributed by atoms with Crippen LogP contribution in [-0.4, -0.2) is 58.8 Å². The van der Waals surface area contributed by atoms with E-state index in [9.17, 15) is 4.79 Å². The van der Waals surface area contributed by atoms with Crippen molar-refractivity contribution in [2.45, 2.75) is 19.3 Å². The molecular formula is C21H20N8O. The summed E-state index contributed by atoms with van der Waals surface area (Å²) in [7, 11) is 0. The fourth-order valence-electron chi connectivity index (χ4n) is 4.79. The van der Waals surface area contributed by atoms with E-state index in [-0.39, 0.29) is 5.91 Å². The number of carbonyl (C=O) groups is 1. The minimum atomic E-state index is 0.0737. The molecule has 150 valence electrons. The first-order chi connectivity index (χ1) is 14.8. The first-order valence-corrected chi connectivity index (χ1v) is 10.2. The lowest BCUT2D eigenvalue weighted by molar-refractivity contribution is 0.0780. The molecule has 2 unspecified atom stereocenters. The third-order valence-electron chi connectivity index (χ3n) is 6.32. The van der Waals surface area contributed by atoms with E-state index in [0.717, 1.165) is 24.2 Å². The minimum Gasteiger partial charge on any atom is -0.338 e. The second-order valence-electron chi connectivity index (χ2n) is 8.09. The number of fused-ring (bicyclic) bond motifs is 2. The van der Waals surface area contributed by atoms with E-state index in [1.165, 1.54) is 25.6 Å². The van der Waals surface area contributed by atoms with E-state index in [0.29, 0.717) is 34.6 Å². The topological polar surface area (TPSA) is 105 Å². The zero-order chi connectivity index (χ0) is 20.1. The molecule has 30 heavy (non-hydrogen) atoms. The summed E-state index contributed by atoms with van der Waals surface area (Å²) in [6, 6.07) is 5.64. The number of carbonyl (C=O) groups excluding carboxylic acids is 1. The minimum absolute atomic E-state index is 0.0737. The molecule has 0 aromatic carbocycles. The molecule has 4 aromatic rings. The van der Waals surface area contributed by atoms with Crippen molar-refractivity contribution in [3.8, 4) is 17.2 Å². The number of nitrogens with zero attached hydrogens (tertiary/aromatic N) is 7. The van der Waals surface area contributed by atoms with Crippen LogP contribution in [0.1, 0.15) is 29.6 Å². The molecule has 1 amide bonds. The lowest BCUT2D eigenvalue weighted by atomic mass is 10.0. The van der Waals surface area contributed by atoms with Crippen LogP contribution in [0.15, 0.2) is 43.1 Å². The summed E-state index contributed by atoms with van der Waals surface area (Å²) in [6.45, 7) is 1.76. The van der Waals surface area contributed by atoms with E-state index in [1.54, 1.807) is 23.3 Å². The molecule has 9 nitrogen and oxygen atoms in total. The van der Waals surface area contributed by atoms with Crippen LogP contribution < -0.4 is 0 Å². The van der Waals surface area contributed by atoms with E-state index in [4.69, 9.17) is 0 Å². The third kappa shape index (κ3) is 2.77. The van der Waals surface area contributed by atoms with Gasteiger partial charge < -0.3 is 4.90 Å². The van der Waals surface area contributed by atoms with Gasteiger partial charge in [0, 0.05) is 24.7 Å². The number of hydrogen-bond donors (Lipinski definition) is 1. The second kappa shape index (κ2) is 6.72. The Morgan fingerprint density at radius 2 is 1.90 bits per heavy atom. The van der Waals surface area contributed by atoms with Gasteiger partial charge in [-0.25, -0.2) is 14.6 Å². The molecule has 1 saturated carbocycles. The molecule has 5 heterocycles. The number of hydrogen-bond acceptors (Lipinski definition) is 6. The summed E-state index contributed by atoms with van der Waals surface area (Å²) < 4.78 is 1.72. The van der Waals surface area contributed by atoms with Crippen molar-refractivity contribution >= 4 is 16.9 Å². The van der Waals surface area contributed by atoms with Crippen molar-refractivity contribution in [1.82, 2.24) is 39.8 Å². The summed E-state index contributed by atoms with van der Waals surface area (Å²) in [5.74, 6) is 2.05. The fourth-order valence-corrected chi connectivity index (χ4v) is 4.79. The van der Waals surface area contributed by atoms with Crippen LogP contribution in [0.25, 0.3) is 28.2 Å². The molecule has 2 aliphatic rings. The van der Waals surface area contributed by atoms with Gasteiger partial charge in [-0.15, -0.1) is 0 Å². The Morgan fingerprint density at radius 1 is 1.03 bits per heavy atom. The SMILES string of the molecule is O=C(c1cnc2c(cnn2-c2ccc(-c3ncn[nH]3)nc2)c1)N1CC2CCCC2C1. The molecule has 0 radical (unpaired) electrons. The van der Waals surface area contributed by atoms with Crippen LogP contribution in [0.2, 0.25) is 0 Å². The zero-order valence-corrected chi connectivity index (χ0v) is 16.3.